The molecule has 1 aromatic rings. The molecule has 2 aliphatic rings. The molecular weight excluding hydrogens is 260 g/mol. The molecule has 0 radical (unpaired) electrons. The number of carbonyl (C=O) groups excluding carboxylic acids is 1. The third-order valence-corrected chi connectivity index (χ3v) is 4.36. The second kappa shape index (κ2) is 5.51. The molecule has 0 aromatic heterocycles. The van der Waals surface area contributed by atoms with E-state index in [-0.39, 0.29) is 18.0 Å². The molecule has 0 saturated carbocycles. The molecule has 3 rings (SSSR count). The van der Waals surface area contributed by atoms with Gasteiger partial charge >= 0.3 is 0 Å². The van der Waals surface area contributed by atoms with Crippen LogP contribution in [0.3, 0.4) is 0 Å². The maximum atomic E-state index is 12.5. The molecule has 3 nitrogen and oxygen atoms in total. The van der Waals surface area contributed by atoms with E-state index in [4.69, 9.17) is 11.6 Å². The van der Waals surface area contributed by atoms with Crippen molar-refractivity contribution < 1.29 is 4.79 Å². The molecule has 2 heterocycles. The van der Waals surface area contributed by atoms with Crippen molar-refractivity contribution >= 4 is 17.5 Å². The van der Waals surface area contributed by atoms with E-state index < -0.39 is 0 Å². The summed E-state index contributed by atoms with van der Waals surface area (Å²) >= 11 is 6.06. The van der Waals surface area contributed by atoms with Gasteiger partial charge in [-0.15, -0.1) is 0 Å². The fourth-order valence-electron chi connectivity index (χ4n) is 3.19. The Morgan fingerprint density at radius 3 is 2.95 bits per heavy atom. The first kappa shape index (κ1) is 12.9. The van der Waals surface area contributed by atoms with Gasteiger partial charge in [-0.3, -0.25) is 4.79 Å². The third kappa shape index (κ3) is 2.63. The molecule has 4 heteroatoms. The first-order chi connectivity index (χ1) is 9.25. The van der Waals surface area contributed by atoms with Crippen LogP contribution >= 0.6 is 11.6 Å². The van der Waals surface area contributed by atoms with Crippen molar-refractivity contribution in [3.8, 4) is 0 Å². The van der Waals surface area contributed by atoms with E-state index in [1.165, 1.54) is 0 Å². The van der Waals surface area contributed by atoms with Crippen molar-refractivity contribution in [2.24, 2.45) is 0 Å². The zero-order valence-electron chi connectivity index (χ0n) is 10.9. The molecule has 2 fully saturated rings. The normalized spacial score (nSPS) is 26.9. The van der Waals surface area contributed by atoms with Crippen molar-refractivity contribution in [3.05, 3.63) is 34.9 Å². The highest BCUT2D eigenvalue weighted by Crippen LogP contribution is 2.33. The number of nitrogens with one attached hydrogen (secondary N) is 1. The predicted octanol–water partition coefficient (Wildman–Crippen LogP) is 2.76. The fraction of sp³-hybridized carbons (Fsp3) is 0.533. The maximum Gasteiger partial charge on any atom is 0.240 e. The van der Waals surface area contributed by atoms with Gasteiger partial charge in [-0.05, 0) is 49.9 Å². The SMILES string of the molecule is O=C([C@@H]1CCCN1)N1CCC[C@H]1c1cccc(Cl)c1. The minimum atomic E-state index is 0.0276. The first-order valence-electron chi connectivity index (χ1n) is 7.05. The average molecular weight is 279 g/mol. The van der Waals surface area contributed by atoms with E-state index >= 15 is 0 Å². The number of amides is 1. The van der Waals surface area contributed by atoms with E-state index in [0.717, 1.165) is 49.4 Å². The van der Waals surface area contributed by atoms with Crippen LogP contribution in [0.5, 0.6) is 0 Å². The van der Waals surface area contributed by atoms with Gasteiger partial charge in [0, 0.05) is 11.6 Å². The molecule has 2 atom stereocenters. The van der Waals surface area contributed by atoms with E-state index in [9.17, 15) is 4.79 Å². The molecule has 2 aliphatic heterocycles. The second-order valence-electron chi connectivity index (χ2n) is 5.39. The quantitative estimate of drug-likeness (QED) is 0.902. The topological polar surface area (TPSA) is 32.3 Å². The highest BCUT2D eigenvalue weighted by Gasteiger charge is 2.34. The monoisotopic (exact) mass is 278 g/mol. The summed E-state index contributed by atoms with van der Waals surface area (Å²) in [6.45, 7) is 1.83. The van der Waals surface area contributed by atoms with Crippen molar-refractivity contribution in [2.45, 2.75) is 37.8 Å². The molecule has 0 spiro atoms. The Hall–Kier alpha value is -1.06. The lowest BCUT2D eigenvalue weighted by molar-refractivity contribution is -0.134. The van der Waals surface area contributed by atoms with Crippen LogP contribution in [0, 0.1) is 0 Å². The predicted molar refractivity (Wildman–Crippen MR) is 76.2 cm³/mol. The second-order valence-corrected chi connectivity index (χ2v) is 5.83. The summed E-state index contributed by atoms with van der Waals surface area (Å²) in [7, 11) is 0. The molecule has 1 N–H and O–H groups in total. The van der Waals surface area contributed by atoms with E-state index in [1.807, 2.05) is 23.1 Å². The smallest absolute Gasteiger partial charge is 0.240 e. The van der Waals surface area contributed by atoms with Gasteiger partial charge in [-0.25, -0.2) is 0 Å². The molecule has 102 valence electrons. The number of hydrogen-bond acceptors (Lipinski definition) is 2. The van der Waals surface area contributed by atoms with Gasteiger partial charge in [-0.1, -0.05) is 23.7 Å². The Kier molecular flexibility index (Phi) is 3.76. The number of hydrogen-bond donors (Lipinski definition) is 1. The van der Waals surface area contributed by atoms with Gasteiger partial charge < -0.3 is 10.2 Å². The van der Waals surface area contributed by atoms with E-state index in [0.29, 0.717) is 0 Å². The van der Waals surface area contributed by atoms with Crippen LogP contribution in [-0.2, 0) is 4.79 Å². The average Bonchev–Trinajstić information content (AvgIpc) is 3.09. The van der Waals surface area contributed by atoms with Gasteiger partial charge in [0.2, 0.25) is 5.91 Å². The maximum absolute atomic E-state index is 12.5. The van der Waals surface area contributed by atoms with Crippen LogP contribution in [0.25, 0.3) is 0 Å². The standard InChI is InChI=1S/C15H19ClN2O/c16-12-5-1-4-11(10-12)14-7-3-9-18(14)15(19)13-6-2-8-17-13/h1,4-5,10,13-14,17H,2-3,6-9H2/t13-,14-/m0/s1. The largest absolute Gasteiger partial charge is 0.334 e. The number of rotatable bonds is 2. The van der Waals surface area contributed by atoms with Crippen molar-refractivity contribution in [2.75, 3.05) is 13.1 Å². The lowest BCUT2D eigenvalue weighted by Crippen LogP contribution is -2.43. The third-order valence-electron chi connectivity index (χ3n) is 4.13. The van der Waals surface area contributed by atoms with Gasteiger partial charge in [0.1, 0.15) is 0 Å². The van der Waals surface area contributed by atoms with Gasteiger partial charge in [0.25, 0.3) is 0 Å². The van der Waals surface area contributed by atoms with Gasteiger partial charge in [0.15, 0.2) is 0 Å². The number of nitrogens with zero attached hydrogens (tertiary/aromatic N) is 1. The summed E-state index contributed by atoms with van der Waals surface area (Å²) in [4.78, 5) is 14.6. The summed E-state index contributed by atoms with van der Waals surface area (Å²) in [5.74, 6) is 0.264. The van der Waals surface area contributed by atoms with Crippen LogP contribution < -0.4 is 5.32 Å². The Morgan fingerprint density at radius 1 is 1.32 bits per heavy atom. The Morgan fingerprint density at radius 2 is 2.21 bits per heavy atom. The van der Waals surface area contributed by atoms with Crippen LogP contribution in [0.2, 0.25) is 5.02 Å². The van der Waals surface area contributed by atoms with E-state index in [2.05, 4.69) is 11.4 Å². The lowest BCUT2D eigenvalue weighted by atomic mass is 10.0. The molecule has 1 amide bonds. The molecule has 0 bridgehead atoms. The molecule has 0 unspecified atom stereocenters. The molecule has 1 aromatic carbocycles. The van der Waals surface area contributed by atoms with E-state index in [1.54, 1.807) is 0 Å². The van der Waals surface area contributed by atoms with Crippen LogP contribution in [0.4, 0.5) is 0 Å². The summed E-state index contributed by atoms with van der Waals surface area (Å²) in [5, 5.41) is 4.05. The van der Waals surface area contributed by atoms with Crippen molar-refractivity contribution in [3.63, 3.8) is 0 Å². The van der Waals surface area contributed by atoms with Crippen LogP contribution in [-0.4, -0.2) is 29.9 Å². The molecule has 19 heavy (non-hydrogen) atoms. The zero-order valence-corrected chi connectivity index (χ0v) is 11.7. The molecular formula is C15H19ClN2O. The van der Waals surface area contributed by atoms with Crippen LogP contribution in [0.15, 0.2) is 24.3 Å². The minimum Gasteiger partial charge on any atom is -0.334 e. The van der Waals surface area contributed by atoms with Gasteiger partial charge in [-0.2, -0.15) is 0 Å². The number of likely N-dealkylation sites (tertiary alicyclic amines) is 1. The Balaban J connectivity index is 1.79. The number of carbonyl (C=O) groups is 1. The van der Waals surface area contributed by atoms with Crippen molar-refractivity contribution in [1.82, 2.24) is 10.2 Å². The lowest BCUT2D eigenvalue weighted by Gasteiger charge is -2.28. The Labute approximate surface area is 118 Å². The summed E-state index contributed by atoms with van der Waals surface area (Å²) in [5.41, 5.74) is 1.16. The summed E-state index contributed by atoms with van der Waals surface area (Å²) in [6, 6.07) is 8.13. The fourth-order valence-corrected chi connectivity index (χ4v) is 3.39. The van der Waals surface area contributed by atoms with Crippen LogP contribution in [0.1, 0.15) is 37.3 Å². The Bertz CT molecular complexity index is 471. The van der Waals surface area contributed by atoms with Gasteiger partial charge in [0.05, 0.1) is 12.1 Å². The molecule has 2 saturated heterocycles. The highest BCUT2D eigenvalue weighted by atomic mass is 35.5. The summed E-state index contributed by atoms with van der Waals surface area (Å²) in [6.07, 6.45) is 4.19. The minimum absolute atomic E-state index is 0.0276. The zero-order chi connectivity index (χ0) is 13.2. The molecule has 0 aliphatic carbocycles. The van der Waals surface area contributed by atoms with Crippen molar-refractivity contribution in [1.29, 1.82) is 0 Å². The number of halogens is 1. The highest BCUT2D eigenvalue weighted by molar-refractivity contribution is 6.30. The first-order valence-corrected chi connectivity index (χ1v) is 7.43. The number of benzene rings is 1. The summed E-state index contributed by atoms with van der Waals surface area (Å²) < 4.78 is 0.